The molecule has 0 N–H and O–H groups in total. The van der Waals surface area contributed by atoms with E-state index < -0.39 is 0 Å². The molecule has 3 aromatic heterocycles. The molecule has 0 bridgehead atoms. The Morgan fingerprint density at radius 2 is 1.29 bits per heavy atom. The first-order valence-electron chi connectivity index (χ1n) is 13.2. The van der Waals surface area contributed by atoms with E-state index in [-0.39, 0.29) is 5.41 Å². The molecule has 0 aliphatic heterocycles. The van der Waals surface area contributed by atoms with E-state index in [1.54, 1.807) is 0 Å². The summed E-state index contributed by atoms with van der Waals surface area (Å²) in [5, 5.41) is 3.65. The number of benzene rings is 5. The highest BCUT2D eigenvalue weighted by Crippen LogP contribution is 2.50. The summed E-state index contributed by atoms with van der Waals surface area (Å²) in [4.78, 5) is 10.2. The fourth-order valence-corrected chi connectivity index (χ4v) is 6.89. The fourth-order valence-electron chi connectivity index (χ4n) is 6.89. The highest BCUT2D eigenvalue weighted by molar-refractivity contribution is 6.23. The van der Waals surface area contributed by atoms with Crippen LogP contribution < -0.4 is 0 Å². The Hall–Kier alpha value is -4.76. The van der Waals surface area contributed by atoms with Gasteiger partial charge in [-0.25, -0.2) is 9.97 Å². The Labute approximate surface area is 219 Å². The number of hydrogen-bond donors (Lipinski definition) is 0. The van der Waals surface area contributed by atoms with E-state index in [0.29, 0.717) is 0 Å². The van der Waals surface area contributed by atoms with Gasteiger partial charge in [-0.05, 0) is 69.8 Å². The van der Waals surface area contributed by atoms with E-state index in [1.807, 2.05) is 18.2 Å². The maximum atomic E-state index is 5.13. The van der Waals surface area contributed by atoms with Crippen molar-refractivity contribution >= 4 is 49.4 Å². The largest absolute Gasteiger partial charge is 0.291 e. The molecule has 1 aliphatic carbocycles. The molecule has 0 saturated heterocycles. The Morgan fingerprint density at radius 1 is 0.579 bits per heavy atom. The second-order valence-corrected chi connectivity index (χ2v) is 11.1. The first kappa shape index (κ1) is 20.3. The lowest BCUT2D eigenvalue weighted by Crippen LogP contribution is -2.14. The van der Waals surface area contributed by atoms with E-state index in [4.69, 9.17) is 9.97 Å². The monoisotopic (exact) mass is 485 g/mol. The zero-order valence-electron chi connectivity index (χ0n) is 21.2. The topological polar surface area (TPSA) is 30.2 Å². The molecular weight excluding hydrogens is 462 g/mol. The van der Waals surface area contributed by atoms with Gasteiger partial charge in [0, 0.05) is 21.6 Å². The van der Waals surface area contributed by atoms with Crippen molar-refractivity contribution < 1.29 is 0 Å². The maximum Gasteiger partial charge on any atom is 0.165 e. The molecule has 0 spiro atoms. The lowest BCUT2D eigenvalue weighted by atomic mass is 9.82. The summed E-state index contributed by atoms with van der Waals surface area (Å²) in [5.41, 5.74) is 14.0. The van der Waals surface area contributed by atoms with Gasteiger partial charge in [0.05, 0.1) is 22.1 Å². The van der Waals surface area contributed by atoms with E-state index in [0.717, 1.165) is 27.6 Å². The molecule has 3 heterocycles. The van der Waals surface area contributed by atoms with Crippen LogP contribution in [-0.4, -0.2) is 14.4 Å². The zero-order chi connectivity index (χ0) is 25.2. The first-order valence-corrected chi connectivity index (χ1v) is 13.2. The van der Waals surface area contributed by atoms with Gasteiger partial charge < -0.3 is 0 Å². The van der Waals surface area contributed by atoms with Crippen LogP contribution in [0.2, 0.25) is 0 Å². The minimum Gasteiger partial charge on any atom is -0.291 e. The van der Waals surface area contributed by atoms with Crippen molar-refractivity contribution in [2.45, 2.75) is 19.3 Å². The Kier molecular flexibility index (Phi) is 3.61. The van der Waals surface area contributed by atoms with Gasteiger partial charge in [0.2, 0.25) is 0 Å². The summed E-state index contributed by atoms with van der Waals surface area (Å²) >= 11 is 0. The van der Waals surface area contributed by atoms with Crippen LogP contribution in [0.1, 0.15) is 25.0 Å². The highest BCUT2D eigenvalue weighted by atomic mass is 15.0. The number of aromatic nitrogens is 3. The van der Waals surface area contributed by atoms with Crippen LogP contribution in [0.15, 0.2) is 103 Å². The zero-order valence-corrected chi connectivity index (χ0v) is 21.2. The molecule has 8 aromatic rings. The van der Waals surface area contributed by atoms with Crippen molar-refractivity contribution in [3.05, 3.63) is 114 Å². The molecule has 0 fully saturated rings. The molecule has 9 rings (SSSR count). The maximum absolute atomic E-state index is 5.13. The highest BCUT2D eigenvalue weighted by Gasteiger charge is 2.35. The summed E-state index contributed by atoms with van der Waals surface area (Å²) in [5.74, 6) is 0. The molecule has 0 unspecified atom stereocenters. The van der Waals surface area contributed by atoms with Gasteiger partial charge in [-0.15, -0.1) is 0 Å². The smallest absolute Gasteiger partial charge is 0.165 e. The first-order chi connectivity index (χ1) is 18.6. The molecule has 0 atom stereocenters. The van der Waals surface area contributed by atoms with Gasteiger partial charge in [-0.2, -0.15) is 0 Å². The third-order valence-electron chi connectivity index (χ3n) is 8.70. The molecule has 0 saturated carbocycles. The minimum atomic E-state index is 0.00545. The molecule has 5 aromatic carbocycles. The van der Waals surface area contributed by atoms with Crippen molar-refractivity contribution in [3.8, 4) is 22.3 Å². The average Bonchev–Trinajstić information content (AvgIpc) is 3.54. The van der Waals surface area contributed by atoms with E-state index >= 15 is 0 Å². The molecule has 3 nitrogen and oxygen atoms in total. The summed E-state index contributed by atoms with van der Waals surface area (Å²) < 4.78 is 2.31. The van der Waals surface area contributed by atoms with Crippen LogP contribution in [-0.2, 0) is 5.41 Å². The third kappa shape index (κ3) is 2.39. The summed E-state index contributed by atoms with van der Waals surface area (Å²) in [6, 6.07) is 37.3. The van der Waals surface area contributed by atoms with Crippen molar-refractivity contribution in [1.29, 1.82) is 0 Å². The van der Waals surface area contributed by atoms with Gasteiger partial charge >= 0.3 is 0 Å². The van der Waals surface area contributed by atoms with Gasteiger partial charge in [0.25, 0.3) is 0 Å². The SMILES string of the molecule is CC1(C)c2ccccc2-c2cc(-c3cc4c5ccccc5n5c6nc7ccccc7nc6c(c3)c45)ccc21. The second-order valence-electron chi connectivity index (χ2n) is 11.1. The predicted molar refractivity (Wildman–Crippen MR) is 157 cm³/mol. The van der Waals surface area contributed by atoms with Crippen molar-refractivity contribution in [2.75, 3.05) is 0 Å². The van der Waals surface area contributed by atoms with E-state index in [1.165, 1.54) is 55.2 Å². The number of fused-ring (bicyclic) bond motifs is 10. The van der Waals surface area contributed by atoms with Gasteiger partial charge in [-0.1, -0.05) is 80.6 Å². The lowest BCUT2D eigenvalue weighted by molar-refractivity contribution is 0.660. The second kappa shape index (κ2) is 6.76. The molecule has 38 heavy (non-hydrogen) atoms. The number of rotatable bonds is 1. The normalized spacial score (nSPS) is 14.3. The minimum absolute atomic E-state index is 0.00545. The molecule has 3 heteroatoms. The summed E-state index contributed by atoms with van der Waals surface area (Å²) in [6.07, 6.45) is 0. The quantitative estimate of drug-likeness (QED) is 0.233. The standard InChI is InChI=1S/C35H23N3/c1-35(2)27-11-5-3-9-22(27)24-17-20(15-16-28(24)35)21-18-25-23-10-4-8-14-31(23)38-33(25)26(19-21)32-34(38)37-30-13-7-6-12-29(30)36-32/h3-19H,1-2H3. The van der Waals surface area contributed by atoms with Crippen LogP contribution in [0.25, 0.3) is 71.6 Å². The molecule has 0 radical (unpaired) electrons. The van der Waals surface area contributed by atoms with Crippen molar-refractivity contribution in [3.63, 3.8) is 0 Å². The third-order valence-corrected chi connectivity index (χ3v) is 8.70. The molecule has 1 aliphatic rings. The molecular formula is C35H23N3. The number of para-hydroxylation sites is 3. The van der Waals surface area contributed by atoms with Crippen LogP contribution in [0.3, 0.4) is 0 Å². The van der Waals surface area contributed by atoms with Crippen LogP contribution >= 0.6 is 0 Å². The van der Waals surface area contributed by atoms with Crippen LogP contribution in [0, 0.1) is 0 Å². The van der Waals surface area contributed by atoms with Crippen LogP contribution in [0.4, 0.5) is 0 Å². The van der Waals surface area contributed by atoms with E-state index in [2.05, 4.69) is 103 Å². The average molecular weight is 486 g/mol. The van der Waals surface area contributed by atoms with Gasteiger partial charge in [0.1, 0.15) is 5.52 Å². The van der Waals surface area contributed by atoms with Gasteiger partial charge in [0.15, 0.2) is 5.65 Å². The van der Waals surface area contributed by atoms with Gasteiger partial charge in [-0.3, -0.25) is 4.40 Å². The Morgan fingerprint density at radius 3 is 2.18 bits per heavy atom. The molecule has 178 valence electrons. The Bertz CT molecular complexity index is 2270. The van der Waals surface area contributed by atoms with Crippen LogP contribution in [0.5, 0.6) is 0 Å². The fraction of sp³-hybridized carbons (Fsp3) is 0.0857. The molecule has 0 amide bonds. The van der Waals surface area contributed by atoms with E-state index in [9.17, 15) is 0 Å². The number of hydrogen-bond acceptors (Lipinski definition) is 2. The summed E-state index contributed by atoms with van der Waals surface area (Å²) in [6.45, 7) is 4.66. The predicted octanol–water partition coefficient (Wildman–Crippen LogP) is 8.75. The Balaban J connectivity index is 1.40. The van der Waals surface area contributed by atoms with Crippen molar-refractivity contribution in [2.24, 2.45) is 0 Å². The summed E-state index contributed by atoms with van der Waals surface area (Å²) in [7, 11) is 0. The van der Waals surface area contributed by atoms with Crippen molar-refractivity contribution in [1.82, 2.24) is 14.4 Å². The number of nitrogens with zero attached hydrogens (tertiary/aromatic N) is 3. The lowest BCUT2D eigenvalue weighted by Gasteiger charge is -2.21.